The van der Waals surface area contributed by atoms with Crippen molar-refractivity contribution in [3.8, 4) is 0 Å². The quantitative estimate of drug-likeness (QED) is 0.397. The van der Waals surface area contributed by atoms with Gasteiger partial charge in [0.1, 0.15) is 0 Å². The van der Waals surface area contributed by atoms with Crippen molar-refractivity contribution in [1.82, 2.24) is 4.81 Å². The molecule has 1 fully saturated rings. The van der Waals surface area contributed by atoms with Gasteiger partial charge in [-0.15, -0.1) is 0 Å². The van der Waals surface area contributed by atoms with E-state index in [9.17, 15) is 4.79 Å². The number of primary amides is 1. The zero-order chi connectivity index (χ0) is 6.85. The minimum Gasteiger partial charge on any atom is -0.368 e. The van der Waals surface area contributed by atoms with Crippen LogP contribution in [0.5, 0.6) is 0 Å². The fraction of sp³-hybridized carbons (Fsp3) is 0.667. The largest absolute Gasteiger partial charge is 1.00 e. The molecule has 0 spiro atoms. The maximum Gasteiger partial charge on any atom is 1.00 e. The molecule has 0 saturated carbocycles. The van der Waals surface area contributed by atoms with Crippen LogP contribution in [0.3, 0.4) is 0 Å². The Hall–Kier alpha value is 1.55. The Bertz CT molecular complexity index is 134. The SMILES string of the molecule is [B]N1CCCC1C(N)=O.[CH3-].[Cs+]. The van der Waals surface area contributed by atoms with Gasteiger partial charge >= 0.3 is 68.9 Å². The van der Waals surface area contributed by atoms with E-state index in [1.165, 1.54) is 4.81 Å². The maximum absolute atomic E-state index is 10.5. The van der Waals surface area contributed by atoms with Gasteiger partial charge in [0.15, 0.2) is 7.98 Å². The molecule has 2 N–H and O–H groups in total. The van der Waals surface area contributed by atoms with Gasteiger partial charge in [-0.2, -0.15) is 0 Å². The molecule has 1 amide bonds. The number of amides is 1. The van der Waals surface area contributed by atoms with E-state index < -0.39 is 0 Å². The summed E-state index contributed by atoms with van der Waals surface area (Å²) in [7, 11) is 5.41. The molecule has 1 aliphatic heterocycles. The van der Waals surface area contributed by atoms with Gasteiger partial charge in [0.25, 0.3) is 0 Å². The van der Waals surface area contributed by atoms with E-state index in [1.807, 2.05) is 0 Å². The average molecular weight is 272 g/mol. The van der Waals surface area contributed by atoms with Crippen molar-refractivity contribution in [3.05, 3.63) is 7.43 Å². The van der Waals surface area contributed by atoms with Crippen molar-refractivity contribution in [3.63, 3.8) is 0 Å². The number of hydrogen-bond donors (Lipinski definition) is 1. The molecular formula is C6H12BCsN2O. The van der Waals surface area contributed by atoms with Crippen molar-refractivity contribution in [2.24, 2.45) is 5.73 Å². The number of carbonyl (C=O) groups excluding carboxylic acids is 1. The predicted octanol–water partition coefficient (Wildman–Crippen LogP) is -3.53. The zero-order valence-corrected chi connectivity index (χ0v) is 13.5. The van der Waals surface area contributed by atoms with Crippen LogP contribution >= 0.6 is 0 Å². The summed E-state index contributed by atoms with van der Waals surface area (Å²) in [5.74, 6) is -0.310. The average Bonchev–Trinajstić information content (AvgIpc) is 2.13. The first kappa shape index (κ1) is 15.0. The number of nitrogens with two attached hydrogens (primary N) is 1. The predicted molar refractivity (Wildman–Crippen MR) is 41.1 cm³/mol. The Kier molecular flexibility index (Phi) is 9.57. The van der Waals surface area contributed by atoms with E-state index in [1.54, 1.807) is 0 Å². The monoisotopic (exact) mass is 272 g/mol. The minimum absolute atomic E-state index is 0. The van der Waals surface area contributed by atoms with Crippen molar-refractivity contribution in [2.45, 2.75) is 18.9 Å². The van der Waals surface area contributed by atoms with E-state index in [2.05, 4.69) is 0 Å². The zero-order valence-electron chi connectivity index (χ0n) is 7.21. The summed E-state index contributed by atoms with van der Waals surface area (Å²) in [5.41, 5.74) is 5.03. The second-order valence-electron chi connectivity index (χ2n) is 2.30. The third-order valence-electron chi connectivity index (χ3n) is 1.62. The van der Waals surface area contributed by atoms with E-state index in [0.717, 1.165) is 19.4 Å². The van der Waals surface area contributed by atoms with Gasteiger partial charge in [-0.1, -0.05) is 0 Å². The van der Waals surface area contributed by atoms with Crippen LogP contribution in [0.2, 0.25) is 0 Å². The minimum atomic E-state index is -0.310. The molecule has 1 unspecified atom stereocenters. The topological polar surface area (TPSA) is 46.3 Å². The first-order valence-corrected chi connectivity index (χ1v) is 3.02. The maximum atomic E-state index is 10.5. The fourth-order valence-electron chi connectivity index (χ4n) is 1.09. The molecule has 56 valence electrons. The normalized spacial score (nSPS) is 23.5. The molecular weight excluding hydrogens is 260 g/mol. The second kappa shape index (κ2) is 7.00. The van der Waals surface area contributed by atoms with Gasteiger partial charge in [0.05, 0.1) is 6.04 Å². The van der Waals surface area contributed by atoms with Crippen LogP contribution in [0.15, 0.2) is 0 Å². The summed E-state index contributed by atoms with van der Waals surface area (Å²) < 4.78 is 0. The number of nitrogens with zero attached hydrogens (tertiary/aromatic N) is 1. The molecule has 1 saturated heterocycles. The Labute approximate surface area is 128 Å². The molecule has 11 heavy (non-hydrogen) atoms. The molecule has 5 heteroatoms. The summed E-state index contributed by atoms with van der Waals surface area (Å²) in [6.45, 7) is 0.785. The van der Waals surface area contributed by atoms with E-state index in [0.29, 0.717) is 0 Å². The van der Waals surface area contributed by atoms with Crippen LogP contribution in [0.25, 0.3) is 0 Å². The van der Waals surface area contributed by atoms with Gasteiger partial charge in [0.2, 0.25) is 5.91 Å². The summed E-state index contributed by atoms with van der Waals surface area (Å²) in [4.78, 5) is 12.0. The molecule has 1 aliphatic rings. The van der Waals surface area contributed by atoms with Crippen molar-refractivity contribution in [2.75, 3.05) is 6.54 Å². The van der Waals surface area contributed by atoms with Crippen LogP contribution in [0, 0.1) is 7.43 Å². The second-order valence-corrected chi connectivity index (χ2v) is 2.30. The molecule has 1 atom stereocenters. The third-order valence-corrected chi connectivity index (χ3v) is 1.62. The third kappa shape index (κ3) is 4.35. The fourth-order valence-corrected chi connectivity index (χ4v) is 1.09. The number of hydrogen-bond acceptors (Lipinski definition) is 2. The Morgan fingerprint density at radius 1 is 1.64 bits per heavy atom. The van der Waals surface area contributed by atoms with Gasteiger partial charge < -0.3 is 18.0 Å². The van der Waals surface area contributed by atoms with E-state index >= 15 is 0 Å². The Morgan fingerprint density at radius 3 is 2.36 bits per heavy atom. The summed E-state index contributed by atoms with van der Waals surface area (Å²) in [5, 5.41) is 0. The molecule has 0 aromatic rings. The molecule has 0 aromatic carbocycles. The van der Waals surface area contributed by atoms with Crippen molar-refractivity contribution < 1.29 is 73.7 Å². The molecule has 1 heterocycles. The number of rotatable bonds is 1. The molecule has 0 aliphatic carbocycles. The molecule has 3 nitrogen and oxygen atoms in total. The van der Waals surface area contributed by atoms with Crippen molar-refractivity contribution in [1.29, 1.82) is 0 Å². The Morgan fingerprint density at radius 2 is 2.18 bits per heavy atom. The van der Waals surface area contributed by atoms with Gasteiger partial charge in [-0.25, -0.2) is 0 Å². The van der Waals surface area contributed by atoms with Crippen LogP contribution in [0.4, 0.5) is 0 Å². The van der Waals surface area contributed by atoms with Crippen LogP contribution in [0.1, 0.15) is 12.8 Å². The molecule has 2 radical (unpaired) electrons. The van der Waals surface area contributed by atoms with Crippen molar-refractivity contribution >= 4 is 13.9 Å². The van der Waals surface area contributed by atoms with E-state index in [4.69, 9.17) is 13.7 Å². The smallest absolute Gasteiger partial charge is 0.368 e. The number of carbonyl (C=O) groups is 1. The molecule has 0 aromatic heterocycles. The first-order chi connectivity index (χ1) is 4.22. The van der Waals surface area contributed by atoms with Crippen LogP contribution < -0.4 is 74.6 Å². The molecule has 0 bridgehead atoms. The van der Waals surface area contributed by atoms with Crippen LogP contribution in [-0.4, -0.2) is 31.3 Å². The standard InChI is InChI=1S/C5H9BN2O.CH3.Cs/c6-8-3-1-2-4(8)5(7)9;;/h4H,1-3H2,(H2,7,9);1H3;/q;-1;+1. The van der Waals surface area contributed by atoms with Gasteiger partial charge in [-0.3, -0.25) is 4.79 Å². The Balaban J connectivity index is 0. The van der Waals surface area contributed by atoms with Gasteiger partial charge in [0, 0.05) is 0 Å². The van der Waals surface area contributed by atoms with Crippen LogP contribution in [-0.2, 0) is 4.79 Å². The summed E-state index contributed by atoms with van der Waals surface area (Å²) >= 11 is 0. The summed E-state index contributed by atoms with van der Waals surface area (Å²) in [6, 6.07) is -0.218. The van der Waals surface area contributed by atoms with Gasteiger partial charge in [-0.05, 0) is 19.4 Å². The summed E-state index contributed by atoms with van der Waals surface area (Å²) in [6.07, 6.45) is 1.79. The van der Waals surface area contributed by atoms with E-state index in [-0.39, 0.29) is 88.3 Å². The first-order valence-electron chi connectivity index (χ1n) is 3.02. The molecule has 1 rings (SSSR count).